The molecule has 1 aliphatic heterocycles. The number of likely N-dealkylation sites (tertiary alicyclic amines) is 1. The van der Waals surface area contributed by atoms with Crippen molar-refractivity contribution in [1.82, 2.24) is 20.3 Å². The predicted octanol–water partition coefficient (Wildman–Crippen LogP) is 3.46. The molecule has 4 rings (SSSR count). The molecule has 2 heterocycles. The lowest BCUT2D eigenvalue weighted by Crippen LogP contribution is -2.57. The Kier molecular flexibility index (Phi) is 6.97. The van der Waals surface area contributed by atoms with Crippen LogP contribution in [0.25, 0.3) is 11.3 Å². The van der Waals surface area contributed by atoms with Crippen LogP contribution in [-0.2, 0) is 4.79 Å². The van der Waals surface area contributed by atoms with Gasteiger partial charge in [0.1, 0.15) is 17.5 Å². The van der Waals surface area contributed by atoms with Gasteiger partial charge in [-0.3, -0.25) is 14.5 Å². The highest BCUT2D eigenvalue weighted by molar-refractivity contribution is 5.94. The third kappa shape index (κ3) is 4.82. The number of carbonyl (C=O) groups excluding carboxylic acids is 2. The van der Waals surface area contributed by atoms with Gasteiger partial charge in [0.25, 0.3) is 5.91 Å². The highest BCUT2D eigenvalue weighted by atomic mass is 19.1. The first-order valence-corrected chi connectivity index (χ1v) is 11.5. The van der Waals surface area contributed by atoms with Gasteiger partial charge in [0.15, 0.2) is 11.5 Å². The SMILES string of the molecule is C[C@H]1CCC[C@@H]1N1CC[C@H](NC(=O)c2cc(-c3c(F)cc(F)cc3F)on2)[C@@H](C(=O)N(C)C)C1. The summed E-state index contributed by atoms with van der Waals surface area (Å²) >= 11 is 0. The van der Waals surface area contributed by atoms with Crippen LogP contribution in [-0.4, -0.2) is 66.0 Å². The molecule has 1 saturated heterocycles. The molecule has 1 aromatic heterocycles. The highest BCUT2D eigenvalue weighted by Crippen LogP contribution is 2.33. The Morgan fingerprint density at radius 2 is 1.82 bits per heavy atom. The minimum absolute atomic E-state index is 0.0723. The fourth-order valence-corrected chi connectivity index (χ4v) is 5.22. The fraction of sp³-hybridized carbons (Fsp3) is 0.542. The summed E-state index contributed by atoms with van der Waals surface area (Å²) in [6, 6.07) is 2.17. The Hall–Kier alpha value is -2.88. The smallest absolute Gasteiger partial charge is 0.273 e. The molecular formula is C24H29F3N4O3. The van der Waals surface area contributed by atoms with Crippen LogP contribution in [0.5, 0.6) is 0 Å². The topological polar surface area (TPSA) is 78.7 Å². The van der Waals surface area contributed by atoms with Crippen molar-refractivity contribution in [1.29, 1.82) is 0 Å². The number of nitrogens with one attached hydrogen (secondary N) is 1. The molecule has 4 atom stereocenters. The van der Waals surface area contributed by atoms with E-state index in [2.05, 4.69) is 22.3 Å². The zero-order valence-corrected chi connectivity index (χ0v) is 19.5. The Bertz CT molecular complexity index is 1050. The maximum atomic E-state index is 14.1. The second-order valence-corrected chi connectivity index (χ2v) is 9.50. The van der Waals surface area contributed by atoms with Gasteiger partial charge in [0.2, 0.25) is 5.91 Å². The minimum Gasteiger partial charge on any atom is -0.355 e. The van der Waals surface area contributed by atoms with Gasteiger partial charge >= 0.3 is 0 Å². The Morgan fingerprint density at radius 1 is 1.12 bits per heavy atom. The second-order valence-electron chi connectivity index (χ2n) is 9.50. The summed E-state index contributed by atoms with van der Waals surface area (Å²) in [5.41, 5.74) is -0.784. The molecular weight excluding hydrogens is 449 g/mol. The van der Waals surface area contributed by atoms with E-state index in [4.69, 9.17) is 4.52 Å². The molecule has 1 aromatic carbocycles. The average Bonchev–Trinajstić information content (AvgIpc) is 3.42. The third-order valence-electron chi connectivity index (χ3n) is 7.00. The van der Waals surface area contributed by atoms with E-state index < -0.39 is 40.9 Å². The summed E-state index contributed by atoms with van der Waals surface area (Å²) in [5, 5.41) is 6.50. The normalized spacial score (nSPS) is 25.4. The average molecular weight is 479 g/mol. The first-order chi connectivity index (χ1) is 16.2. The maximum absolute atomic E-state index is 14.1. The summed E-state index contributed by atoms with van der Waals surface area (Å²) in [7, 11) is 3.38. The number of amides is 2. The van der Waals surface area contributed by atoms with Crippen LogP contribution in [0.3, 0.4) is 0 Å². The molecule has 0 bridgehead atoms. The van der Waals surface area contributed by atoms with Gasteiger partial charge < -0.3 is 14.7 Å². The van der Waals surface area contributed by atoms with Crippen molar-refractivity contribution in [2.75, 3.05) is 27.2 Å². The quantitative estimate of drug-likeness (QED) is 0.712. The number of aromatic nitrogens is 1. The number of hydrogen-bond acceptors (Lipinski definition) is 5. The van der Waals surface area contributed by atoms with Gasteiger partial charge in [-0.15, -0.1) is 0 Å². The Balaban J connectivity index is 1.50. The van der Waals surface area contributed by atoms with Crippen LogP contribution in [0.2, 0.25) is 0 Å². The number of carbonyl (C=O) groups is 2. The van der Waals surface area contributed by atoms with Crippen LogP contribution in [0, 0.1) is 29.3 Å². The highest BCUT2D eigenvalue weighted by Gasteiger charge is 2.40. The van der Waals surface area contributed by atoms with E-state index in [-0.39, 0.29) is 17.4 Å². The number of nitrogens with zero attached hydrogens (tertiary/aromatic N) is 3. The van der Waals surface area contributed by atoms with Crippen molar-refractivity contribution in [3.05, 3.63) is 41.3 Å². The van der Waals surface area contributed by atoms with Crippen LogP contribution < -0.4 is 5.32 Å². The molecule has 10 heteroatoms. The Labute approximate surface area is 196 Å². The molecule has 1 saturated carbocycles. The van der Waals surface area contributed by atoms with E-state index in [1.165, 1.54) is 17.7 Å². The molecule has 0 spiro atoms. The summed E-state index contributed by atoms with van der Waals surface area (Å²) in [5.74, 6) is -4.26. The van der Waals surface area contributed by atoms with E-state index in [9.17, 15) is 22.8 Å². The molecule has 2 aliphatic rings. The third-order valence-corrected chi connectivity index (χ3v) is 7.00. The lowest BCUT2D eigenvalue weighted by Gasteiger charge is -2.42. The summed E-state index contributed by atoms with van der Waals surface area (Å²) < 4.78 is 46.3. The first-order valence-electron chi connectivity index (χ1n) is 11.5. The van der Waals surface area contributed by atoms with Crippen LogP contribution in [0.1, 0.15) is 43.1 Å². The predicted molar refractivity (Wildman–Crippen MR) is 118 cm³/mol. The van der Waals surface area contributed by atoms with Crippen LogP contribution >= 0.6 is 0 Å². The first kappa shape index (κ1) is 24.3. The fourth-order valence-electron chi connectivity index (χ4n) is 5.22. The van der Waals surface area contributed by atoms with Crippen molar-refractivity contribution in [2.45, 2.75) is 44.7 Å². The van der Waals surface area contributed by atoms with Crippen molar-refractivity contribution in [3.8, 4) is 11.3 Å². The van der Waals surface area contributed by atoms with Gasteiger partial charge in [-0.05, 0) is 25.2 Å². The number of hydrogen-bond donors (Lipinski definition) is 1. The van der Waals surface area contributed by atoms with E-state index in [0.29, 0.717) is 37.1 Å². The van der Waals surface area contributed by atoms with Crippen LogP contribution in [0.15, 0.2) is 22.7 Å². The summed E-state index contributed by atoms with van der Waals surface area (Å²) in [6.45, 7) is 3.55. The van der Waals surface area contributed by atoms with Crippen molar-refractivity contribution in [2.24, 2.45) is 11.8 Å². The molecule has 0 unspecified atom stereocenters. The molecule has 1 N–H and O–H groups in total. The largest absolute Gasteiger partial charge is 0.355 e. The molecule has 2 aromatic rings. The number of piperidine rings is 1. The molecule has 0 radical (unpaired) electrons. The van der Waals surface area contributed by atoms with Crippen molar-refractivity contribution >= 4 is 11.8 Å². The lowest BCUT2D eigenvalue weighted by atomic mass is 9.88. The van der Waals surface area contributed by atoms with Gasteiger partial charge in [0, 0.05) is 57.5 Å². The Morgan fingerprint density at radius 3 is 2.44 bits per heavy atom. The monoisotopic (exact) mass is 478 g/mol. The van der Waals surface area contributed by atoms with E-state index >= 15 is 0 Å². The lowest BCUT2D eigenvalue weighted by molar-refractivity contribution is -0.136. The standard InChI is InChI=1S/C24H29F3N4O3/c1-13-5-4-6-20(13)31-8-7-18(15(12-31)24(33)30(2)3)28-23(32)19-11-21(34-29-19)22-16(26)9-14(25)10-17(22)27/h9-11,13,15,18,20H,4-8,12H2,1-3H3,(H,28,32)/t13-,15-,18-,20-/m0/s1. The number of rotatable bonds is 5. The van der Waals surface area contributed by atoms with E-state index in [1.54, 1.807) is 14.1 Å². The molecule has 2 fully saturated rings. The van der Waals surface area contributed by atoms with Crippen LogP contribution in [0.4, 0.5) is 13.2 Å². The number of halogens is 3. The zero-order valence-electron chi connectivity index (χ0n) is 19.5. The van der Waals surface area contributed by atoms with Gasteiger partial charge in [-0.1, -0.05) is 18.5 Å². The maximum Gasteiger partial charge on any atom is 0.273 e. The molecule has 2 amide bonds. The van der Waals surface area contributed by atoms with E-state index in [0.717, 1.165) is 19.0 Å². The summed E-state index contributed by atoms with van der Waals surface area (Å²) in [4.78, 5) is 29.7. The second kappa shape index (κ2) is 9.77. The van der Waals surface area contributed by atoms with Gasteiger partial charge in [0.05, 0.1) is 11.5 Å². The molecule has 184 valence electrons. The minimum atomic E-state index is -1.16. The van der Waals surface area contributed by atoms with Gasteiger partial charge in [-0.25, -0.2) is 13.2 Å². The molecule has 7 nitrogen and oxygen atoms in total. The number of benzene rings is 1. The molecule has 34 heavy (non-hydrogen) atoms. The van der Waals surface area contributed by atoms with Crippen molar-refractivity contribution < 1.29 is 27.3 Å². The van der Waals surface area contributed by atoms with Gasteiger partial charge in [-0.2, -0.15) is 0 Å². The summed E-state index contributed by atoms with van der Waals surface area (Å²) in [6.07, 6.45) is 4.06. The molecule has 1 aliphatic carbocycles. The zero-order chi connectivity index (χ0) is 24.6. The van der Waals surface area contributed by atoms with Crippen molar-refractivity contribution in [3.63, 3.8) is 0 Å². The van der Waals surface area contributed by atoms with E-state index in [1.807, 2.05) is 0 Å².